The number of aromatic nitrogens is 3. The second-order valence-electron chi connectivity index (χ2n) is 5.06. The average molecular weight is 337 g/mol. The van der Waals surface area contributed by atoms with Crippen molar-refractivity contribution in [2.75, 3.05) is 0 Å². The van der Waals surface area contributed by atoms with Gasteiger partial charge in [0, 0.05) is 24.1 Å². The minimum Gasteiger partial charge on any atom is -0.486 e. The highest BCUT2D eigenvalue weighted by Gasteiger charge is 2.20. The van der Waals surface area contributed by atoms with Gasteiger partial charge in [-0.05, 0) is 36.6 Å². The zero-order valence-electron chi connectivity index (χ0n) is 11.3. The quantitative estimate of drug-likeness (QED) is 0.880. The number of ether oxygens (including phenoxy) is 1. The summed E-state index contributed by atoms with van der Waals surface area (Å²) in [7, 11) is 1.91. The Morgan fingerprint density at radius 2 is 2.30 bits per heavy atom. The van der Waals surface area contributed by atoms with E-state index in [-0.39, 0.29) is 0 Å². The summed E-state index contributed by atoms with van der Waals surface area (Å²) in [6.07, 6.45) is 4.26. The molecule has 0 atom stereocenters. The molecule has 6 heteroatoms. The Bertz CT molecular complexity index is 595. The van der Waals surface area contributed by atoms with Gasteiger partial charge in [-0.15, -0.1) is 10.2 Å². The van der Waals surface area contributed by atoms with E-state index < -0.39 is 0 Å². The highest BCUT2D eigenvalue weighted by Crippen LogP contribution is 2.25. The molecule has 1 saturated carbocycles. The molecule has 1 aromatic carbocycles. The van der Waals surface area contributed by atoms with Crippen LogP contribution in [0.2, 0.25) is 0 Å². The van der Waals surface area contributed by atoms with E-state index in [1.54, 1.807) is 6.33 Å². The van der Waals surface area contributed by atoms with E-state index >= 15 is 0 Å². The maximum Gasteiger partial charge on any atom is 0.170 e. The number of nitrogens with zero attached hydrogens (tertiary/aromatic N) is 3. The number of benzene rings is 1. The molecule has 1 aliphatic rings. The van der Waals surface area contributed by atoms with Gasteiger partial charge in [0.05, 0.1) is 0 Å². The lowest BCUT2D eigenvalue weighted by atomic mass is 10.2. The number of hydrogen-bond acceptors (Lipinski definition) is 4. The molecule has 0 unspecified atom stereocenters. The highest BCUT2D eigenvalue weighted by atomic mass is 79.9. The van der Waals surface area contributed by atoms with Crippen LogP contribution in [-0.4, -0.2) is 20.8 Å². The summed E-state index contributed by atoms with van der Waals surface area (Å²) >= 11 is 3.58. The van der Waals surface area contributed by atoms with Gasteiger partial charge in [0.25, 0.3) is 0 Å². The van der Waals surface area contributed by atoms with E-state index in [0.717, 1.165) is 22.6 Å². The number of rotatable bonds is 6. The van der Waals surface area contributed by atoms with Crippen LogP contribution in [0.25, 0.3) is 0 Å². The summed E-state index contributed by atoms with van der Waals surface area (Å²) in [5.41, 5.74) is 1.22. The van der Waals surface area contributed by atoms with Crippen LogP contribution < -0.4 is 10.1 Å². The fourth-order valence-corrected chi connectivity index (χ4v) is 2.29. The summed E-state index contributed by atoms with van der Waals surface area (Å²) in [5.74, 6) is 1.66. The molecular weight excluding hydrogens is 320 g/mol. The SMILES string of the molecule is Cn1cnnc1COc1ccc(Br)c(CNC2CC2)c1. The van der Waals surface area contributed by atoms with Gasteiger partial charge in [-0.2, -0.15) is 0 Å². The summed E-state index contributed by atoms with van der Waals surface area (Å²) in [6, 6.07) is 6.75. The van der Waals surface area contributed by atoms with Crippen molar-refractivity contribution < 1.29 is 4.74 Å². The lowest BCUT2D eigenvalue weighted by Gasteiger charge is -2.10. The van der Waals surface area contributed by atoms with E-state index in [1.807, 2.05) is 23.7 Å². The van der Waals surface area contributed by atoms with Gasteiger partial charge in [0.15, 0.2) is 5.82 Å². The van der Waals surface area contributed by atoms with Crippen LogP contribution in [0, 0.1) is 0 Å². The van der Waals surface area contributed by atoms with Crippen molar-refractivity contribution in [3.63, 3.8) is 0 Å². The zero-order chi connectivity index (χ0) is 13.9. The first kappa shape index (κ1) is 13.6. The van der Waals surface area contributed by atoms with Gasteiger partial charge in [-0.1, -0.05) is 15.9 Å². The Morgan fingerprint density at radius 3 is 3.00 bits per heavy atom. The van der Waals surface area contributed by atoms with Gasteiger partial charge in [0.1, 0.15) is 18.7 Å². The average Bonchev–Trinajstić information content (AvgIpc) is 3.18. The molecule has 1 fully saturated rings. The van der Waals surface area contributed by atoms with Gasteiger partial charge in [-0.3, -0.25) is 0 Å². The number of hydrogen-bond donors (Lipinski definition) is 1. The molecule has 0 amide bonds. The monoisotopic (exact) mass is 336 g/mol. The lowest BCUT2D eigenvalue weighted by Crippen LogP contribution is -2.15. The molecule has 0 saturated heterocycles. The Hall–Kier alpha value is -1.40. The molecule has 0 aliphatic heterocycles. The molecule has 0 radical (unpaired) electrons. The van der Waals surface area contributed by atoms with E-state index in [0.29, 0.717) is 12.6 Å². The minimum absolute atomic E-state index is 0.424. The molecule has 1 aromatic heterocycles. The lowest BCUT2D eigenvalue weighted by molar-refractivity contribution is 0.291. The topological polar surface area (TPSA) is 52.0 Å². The second kappa shape index (κ2) is 5.93. The molecular formula is C14H17BrN4O. The molecule has 0 bridgehead atoms. The zero-order valence-corrected chi connectivity index (χ0v) is 12.9. The van der Waals surface area contributed by atoms with Crippen LogP contribution in [0.4, 0.5) is 0 Å². The van der Waals surface area contributed by atoms with E-state index in [9.17, 15) is 0 Å². The standard InChI is InChI=1S/C14H17BrN4O/c1-19-9-17-18-14(19)8-20-12-4-5-13(15)10(6-12)7-16-11-2-3-11/h4-6,9,11,16H,2-3,7-8H2,1H3. The second-order valence-corrected chi connectivity index (χ2v) is 5.91. The van der Waals surface area contributed by atoms with Crippen LogP contribution in [0.1, 0.15) is 24.2 Å². The third-order valence-electron chi connectivity index (χ3n) is 3.35. The van der Waals surface area contributed by atoms with Crippen molar-refractivity contribution in [3.05, 3.63) is 40.4 Å². The number of aryl methyl sites for hydroxylation is 1. The highest BCUT2D eigenvalue weighted by molar-refractivity contribution is 9.10. The normalized spacial score (nSPS) is 14.5. The van der Waals surface area contributed by atoms with Gasteiger partial charge in [0.2, 0.25) is 0 Å². The first-order valence-electron chi connectivity index (χ1n) is 6.70. The van der Waals surface area contributed by atoms with E-state index in [2.05, 4.69) is 37.5 Å². The third-order valence-corrected chi connectivity index (χ3v) is 4.12. The molecule has 0 spiro atoms. The first-order chi connectivity index (χ1) is 9.72. The van der Waals surface area contributed by atoms with E-state index in [4.69, 9.17) is 4.74 Å². The molecule has 20 heavy (non-hydrogen) atoms. The predicted octanol–water partition coefficient (Wildman–Crippen LogP) is 2.41. The minimum atomic E-state index is 0.424. The smallest absolute Gasteiger partial charge is 0.170 e. The van der Waals surface area contributed by atoms with Crippen LogP contribution >= 0.6 is 15.9 Å². The molecule has 3 rings (SSSR count). The van der Waals surface area contributed by atoms with Crippen LogP contribution in [0.15, 0.2) is 29.0 Å². The van der Waals surface area contributed by atoms with Crippen molar-refractivity contribution in [1.29, 1.82) is 0 Å². The van der Waals surface area contributed by atoms with E-state index in [1.165, 1.54) is 18.4 Å². The van der Waals surface area contributed by atoms with Crippen molar-refractivity contribution >= 4 is 15.9 Å². The third kappa shape index (κ3) is 3.37. The predicted molar refractivity (Wildman–Crippen MR) is 79.3 cm³/mol. The summed E-state index contributed by atoms with van der Waals surface area (Å²) in [6.45, 7) is 1.29. The Balaban J connectivity index is 1.63. The maximum atomic E-state index is 5.78. The molecule has 5 nitrogen and oxygen atoms in total. The van der Waals surface area contributed by atoms with Crippen LogP contribution in [-0.2, 0) is 20.2 Å². The first-order valence-corrected chi connectivity index (χ1v) is 7.49. The Labute approximate surface area is 126 Å². The fourth-order valence-electron chi connectivity index (χ4n) is 1.90. The van der Waals surface area contributed by atoms with Crippen molar-refractivity contribution in [3.8, 4) is 5.75 Å². The van der Waals surface area contributed by atoms with Gasteiger partial charge in [-0.25, -0.2) is 0 Å². The summed E-state index contributed by atoms with van der Waals surface area (Å²) in [4.78, 5) is 0. The van der Waals surface area contributed by atoms with Gasteiger partial charge >= 0.3 is 0 Å². The van der Waals surface area contributed by atoms with Crippen molar-refractivity contribution in [1.82, 2.24) is 20.1 Å². The Kier molecular flexibility index (Phi) is 4.03. The van der Waals surface area contributed by atoms with Crippen molar-refractivity contribution in [2.24, 2.45) is 7.05 Å². The molecule has 1 heterocycles. The number of halogens is 1. The molecule has 1 N–H and O–H groups in total. The summed E-state index contributed by atoms with van der Waals surface area (Å²) < 4.78 is 8.74. The fraction of sp³-hybridized carbons (Fsp3) is 0.429. The maximum absolute atomic E-state index is 5.78. The molecule has 1 aliphatic carbocycles. The summed E-state index contributed by atoms with van der Waals surface area (Å²) in [5, 5.41) is 11.3. The van der Waals surface area contributed by atoms with Crippen LogP contribution in [0.3, 0.4) is 0 Å². The molecule has 2 aromatic rings. The number of nitrogens with one attached hydrogen (secondary N) is 1. The van der Waals surface area contributed by atoms with Crippen LogP contribution in [0.5, 0.6) is 5.75 Å². The largest absolute Gasteiger partial charge is 0.486 e. The van der Waals surface area contributed by atoms with Crippen molar-refractivity contribution in [2.45, 2.75) is 32.0 Å². The molecule has 106 valence electrons. The Morgan fingerprint density at radius 1 is 1.45 bits per heavy atom. The van der Waals surface area contributed by atoms with Gasteiger partial charge < -0.3 is 14.6 Å².